The first-order valence-electron chi connectivity index (χ1n) is 7.58. The Labute approximate surface area is 148 Å². The van der Waals surface area contributed by atoms with E-state index in [0.29, 0.717) is 16.3 Å². The molecule has 3 rings (SSSR count). The second kappa shape index (κ2) is 7.31. The van der Waals surface area contributed by atoms with E-state index < -0.39 is 4.92 Å². The number of rotatable bonds is 6. The molecule has 0 unspecified atom stereocenters. The highest BCUT2D eigenvalue weighted by molar-refractivity contribution is 6.32. The third kappa shape index (κ3) is 4.33. The van der Waals surface area contributed by atoms with Gasteiger partial charge in [-0.25, -0.2) is 5.43 Å². The molecule has 7 nitrogen and oxygen atoms in total. The maximum atomic E-state index is 11.5. The van der Waals surface area contributed by atoms with E-state index in [4.69, 9.17) is 16.3 Å². The van der Waals surface area contributed by atoms with Crippen LogP contribution in [0.4, 0.5) is 5.69 Å². The minimum Gasteiger partial charge on any atom is -0.449 e. The van der Waals surface area contributed by atoms with Crippen molar-refractivity contribution < 1.29 is 14.5 Å². The van der Waals surface area contributed by atoms with Crippen LogP contribution < -0.4 is 10.2 Å². The topological polar surface area (TPSA) is 93.8 Å². The highest BCUT2D eigenvalue weighted by atomic mass is 35.5. The van der Waals surface area contributed by atoms with Crippen LogP contribution in [0.3, 0.4) is 0 Å². The fourth-order valence-corrected chi connectivity index (χ4v) is 2.27. The van der Waals surface area contributed by atoms with Gasteiger partial charge >= 0.3 is 5.69 Å². The van der Waals surface area contributed by atoms with Crippen LogP contribution in [0.25, 0.3) is 0 Å². The molecule has 0 aliphatic heterocycles. The van der Waals surface area contributed by atoms with Gasteiger partial charge in [0.05, 0.1) is 16.2 Å². The zero-order valence-electron chi connectivity index (χ0n) is 13.0. The molecule has 0 aromatic heterocycles. The van der Waals surface area contributed by atoms with Gasteiger partial charge < -0.3 is 4.74 Å². The third-order valence-corrected chi connectivity index (χ3v) is 3.89. The van der Waals surface area contributed by atoms with E-state index in [-0.39, 0.29) is 23.3 Å². The average Bonchev–Trinajstić information content (AvgIpc) is 3.43. The molecule has 0 radical (unpaired) electrons. The van der Waals surface area contributed by atoms with E-state index in [2.05, 4.69) is 10.5 Å². The lowest BCUT2D eigenvalue weighted by atomic mass is 10.2. The van der Waals surface area contributed by atoms with Crippen LogP contribution in [0.1, 0.15) is 18.4 Å². The number of para-hydroxylation sites is 1. The van der Waals surface area contributed by atoms with Crippen LogP contribution in [0.2, 0.25) is 5.02 Å². The van der Waals surface area contributed by atoms with Gasteiger partial charge in [-0.05, 0) is 37.1 Å². The Balaban J connectivity index is 1.78. The van der Waals surface area contributed by atoms with Gasteiger partial charge in [-0.3, -0.25) is 14.9 Å². The highest BCUT2D eigenvalue weighted by Crippen LogP contribution is 2.35. The van der Waals surface area contributed by atoms with E-state index >= 15 is 0 Å². The number of amides is 1. The van der Waals surface area contributed by atoms with Crippen molar-refractivity contribution in [2.45, 2.75) is 12.8 Å². The number of halogens is 1. The molecule has 2 aromatic rings. The maximum absolute atomic E-state index is 11.5. The number of nitro benzene ring substituents is 1. The smallest absolute Gasteiger partial charge is 0.312 e. The molecule has 8 heteroatoms. The van der Waals surface area contributed by atoms with E-state index in [9.17, 15) is 14.9 Å². The molecule has 0 spiro atoms. The van der Waals surface area contributed by atoms with Gasteiger partial charge in [0.25, 0.3) is 0 Å². The molecule has 1 N–H and O–H groups in total. The van der Waals surface area contributed by atoms with Gasteiger partial charge in [0.1, 0.15) is 5.75 Å². The Morgan fingerprint density at radius 1 is 1.28 bits per heavy atom. The van der Waals surface area contributed by atoms with E-state index in [1.807, 2.05) is 0 Å². The number of hydrogen-bond acceptors (Lipinski definition) is 5. The highest BCUT2D eigenvalue weighted by Gasteiger charge is 2.29. The van der Waals surface area contributed by atoms with Gasteiger partial charge in [-0.2, -0.15) is 5.10 Å². The van der Waals surface area contributed by atoms with Crippen LogP contribution in [0, 0.1) is 16.0 Å². The maximum Gasteiger partial charge on any atom is 0.312 e. The van der Waals surface area contributed by atoms with Crippen molar-refractivity contribution >= 4 is 29.4 Å². The molecule has 0 atom stereocenters. The summed E-state index contributed by atoms with van der Waals surface area (Å²) in [6, 6.07) is 11.1. The number of nitrogens with one attached hydrogen (secondary N) is 1. The summed E-state index contributed by atoms with van der Waals surface area (Å²) in [5.41, 5.74) is 2.66. The zero-order chi connectivity index (χ0) is 17.8. The van der Waals surface area contributed by atoms with Crippen molar-refractivity contribution in [3.63, 3.8) is 0 Å². The molecule has 1 saturated carbocycles. The number of benzene rings is 2. The van der Waals surface area contributed by atoms with Crippen molar-refractivity contribution in [3.05, 3.63) is 63.2 Å². The number of hydrogen-bond donors (Lipinski definition) is 1. The molecule has 2 aromatic carbocycles. The number of hydrazone groups is 1. The number of carbonyl (C=O) groups excluding carboxylic acids is 1. The summed E-state index contributed by atoms with van der Waals surface area (Å²) >= 11 is 6.01. The summed E-state index contributed by atoms with van der Waals surface area (Å²) in [4.78, 5) is 22.3. The molecule has 1 aliphatic carbocycles. The van der Waals surface area contributed by atoms with Crippen molar-refractivity contribution in [2.75, 3.05) is 0 Å². The van der Waals surface area contributed by atoms with Gasteiger partial charge in [0.15, 0.2) is 0 Å². The number of ether oxygens (including phenoxy) is 1. The molecule has 1 amide bonds. The monoisotopic (exact) mass is 359 g/mol. The van der Waals surface area contributed by atoms with Crippen LogP contribution in [-0.4, -0.2) is 17.0 Å². The molecule has 1 aliphatic rings. The lowest BCUT2D eigenvalue weighted by Crippen LogP contribution is -2.18. The largest absolute Gasteiger partial charge is 0.449 e. The van der Waals surface area contributed by atoms with Gasteiger partial charge in [0, 0.05) is 17.5 Å². The third-order valence-electron chi connectivity index (χ3n) is 3.57. The second-order valence-corrected chi connectivity index (χ2v) is 5.93. The fraction of sp³-hybridized carbons (Fsp3) is 0.176. The molecule has 0 saturated heterocycles. The second-order valence-electron chi connectivity index (χ2n) is 5.53. The van der Waals surface area contributed by atoms with Gasteiger partial charge in [-0.15, -0.1) is 0 Å². The first-order chi connectivity index (χ1) is 12.0. The Bertz CT molecular complexity index is 850. The minimum absolute atomic E-state index is 0.0397. The quantitative estimate of drug-likeness (QED) is 0.480. The summed E-state index contributed by atoms with van der Waals surface area (Å²) in [6.45, 7) is 0. The predicted molar refractivity (Wildman–Crippen MR) is 93.1 cm³/mol. The molecular weight excluding hydrogens is 346 g/mol. The Kier molecular flexibility index (Phi) is 4.95. The Morgan fingerprint density at radius 3 is 2.72 bits per heavy atom. The average molecular weight is 360 g/mol. The SMILES string of the molecule is O=C(N/N=C\c1ccc(Oc2ccccc2Cl)c([N+](=O)[O-])c1)C1CC1. The standard InChI is InChI=1S/C17H14ClN3O4/c18-13-3-1-2-4-15(13)25-16-8-5-11(9-14(16)21(23)24)10-19-20-17(22)12-6-7-12/h1-5,8-10,12H,6-7H2,(H,20,22)/b19-10-. The summed E-state index contributed by atoms with van der Waals surface area (Å²) in [7, 11) is 0. The normalized spacial score (nSPS) is 13.6. The molecular formula is C17H14ClN3O4. The first-order valence-corrected chi connectivity index (χ1v) is 7.96. The summed E-state index contributed by atoms with van der Waals surface area (Å²) < 4.78 is 5.55. The van der Waals surface area contributed by atoms with Crippen LogP contribution >= 0.6 is 11.6 Å². The van der Waals surface area contributed by atoms with Crippen LogP contribution in [-0.2, 0) is 4.79 Å². The van der Waals surface area contributed by atoms with Crippen LogP contribution in [0.5, 0.6) is 11.5 Å². The van der Waals surface area contributed by atoms with Gasteiger partial charge in [-0.1, -0.05) is 23.7 Å². The van der Waals surface area contributed by atoms with E-state index in [1.54, 1.807) is 30.3 Å². The minimum atomic E-state index is -0.549. The van der Waals surface area contributed by atoms with Crippen LogP contribution in [0.15, 0.2) is 47.6 Å². The van der Waals surface area contributed by atoms with E-state index in [0.717, 1.165) is 12.8 Å². The predicted octanol–water partition coefficient (Wildman–Crippen LogP) is 3.90. The number of nitrogens with zero attached hydrogens (tertiary/aromatic N) is 2. The summed E-state index contributed by atoms with van der Waals surface area (Å²) in [5.74, 6) is 0.296. The lowest BCUT2D eigenvalue weighted by Gasteiger charge is -2.08. The molecule has 0 bridgehead atoms. The van der Waals surface area contributed by atoms with Crippen molar-refractivity contribution in [3.8, 4) is 11.5 Å². The summed E-state index contributed by atoms with van der Waals surface area (Å²) in [5, 5.41) is 15.5. The van der Waals surface area contributed by atoms with Gasteiger partial charge in [0.2, 0.25) is 11.7 Å². The molecule has 128 valence electrons. The zero-order valence-corrected chi connectivity index (χ0v) is 13.8. The first kappa shape index (κ1) is 16.9. The number of nitro groups is 1. The molecule has 1 fully saturated rings. The summed E-state index contributed by atoms with van der Waals surface area (Å²) in [6.07, 6.45) is 3.11. The fourth-order valence-electron chi connectivity index (χ4n) is 2.10. The Morgan fingerprint density at radius 2 is 2.04 bits per heavy atom. The van der Waals surface area contributed by atoms with Crippen molar-refractivity contribution in [1.82, 2.24) is 5.43 Å². The van der Waals surface area contributed by atoms with Crippen molar-refractivity contribution in [1.29, 1.82) is 0 Å². The lowest BCUT2D eigenvalue weighted by molar-refractivity contribution is -0.385. The molecule has 25 heavy (non-hydrogen) atoms. The Hall–Kier alpha value is -2.93. The molecule has 0 heterocycles. The van der Waals surface area contributed by atoms with Crippen molar-refractivity contribution in [2.24, 2.45) is 11.0 Å². The van der Waals surface area contributed by atoms with E-state index in [1.165, 1.54) is 18.3 Å². The number of carbonyl (C=O) groups is 1.